The molecule has 5 nitrogen and oxygen atoms in total. The van der Waals surface area contributed by atoms with Crippen LogP contribution in [0.15, 0.2) is 0 Å². The second kappa shape index (κ2) is 3.83. The first-order chi connectivity index (χ1) is 7.08. The highest BCUT2D eigenvalue weighted by atomic mass is 35.5. The molecule has 1 fully saturated rings. The number of nitrogens with two attached hydrogens (primary N) is 1. The summed E-state index contributed by atoms with van der Waals surface area (Å²) in [5, 5.41) is 9.62. The molecule has 0 aliphatic carbocycles. The normalized spacial score (nSPS) is 21.0. The fourth-order valence-electron chi connectivity index (χ4n) is 1.71. The van der Waals surface area contributed by atoms with Crippen molar-refractivity contribution in [1.82, 2.24) is 9.97 Å². The summed E-state index contributed by atoms with van der Waals surface area (Å²) in [6.07, 6.45) is 0.429. The number of halogens is 1. The Kier molecular flexibility index (Phi) is 2.67. The average molecular weight is 229 g/mol. The predicted molar refractivity (Wildman–Crippen MR) is 59.0 cm³/mol. The maximum absolute atomic E-state index is 9.43. The third-order valence-corrected chi connectivity index (χ3v) is 2.72. The van der Waals surface area contributed by atoms with Crippen LogP contribution in [0.3, 0.4) is 0 Å². The van der Waals surface area contributed by atoms with Crippen molar-refractivity contribution in [2.24, 2.45) is 0 Å². The van der Waals surface area contributed by atoms with Crippen LogP contribution in [0.4, 0.5) is 11.5 Å². The van der Waals surface area contributed by atoms with Gasteiger partial charge < -0.3 is 15.7 Å². The van der Waals surface area contributed by atoms with E-state index >= 15 is 0 Å². The zero-order chi connectivity index (χ0) is 11.0. The quantitative estimate of drug-likeness (QED) is 0.689. The fourth-order valence-corrected chi connectivity index (χ4v) is 1.92. The van der Waals surface area contributed by atoms with Crippen LogP contribution < -0.4 is 10.6 Å². The summed E-state index contributed by atoms with van der Waals surface area (Å²) >= 11 is 5.77. The molecule has 82 valence electrons. The Hall–Kier alpha value is -1.07. The summed E-state index contributed by atoms with van der Waals surface area (Å²) in [4.78, 5) is 9.99. The van der Waals surface area contributed by atoms with Gasteiger partial charge in [0.15, 0.2) is 5.82 Å². The number of aliphatic hydroxyl groups excluding tert-OH is 1. The second-order valence-electron chi connectivity index (χ2n) is 3.70. The van der Waals surface area contributed by atoms with Gasteiger partial charge >= 0.3 is 0 Å². The highest BCUT2D eigenvalue weighted by Gasteiger charge is 2.24. The van der Waals surface area contributed by atoms with Gasteiger partial charge in [-0.15, -0.1) is 0 Å². The van der Waals surface area contributed by atoms with Crippen molar-refractivity contribution in [3.8, 4) is 0 Å². The van der Waals surface area contributed by atoms with Gasteiger partial charge in [-0.3, -0.25) is 0 Å². The van der Waals surface area contributed by atoms with Crippen molar-refractivity contribution in [3.63, 3.8) is 0 Å². The third-order valence-electron chi connectivity index (χ3n) is 2.55. The van der Waals surface area contributed by atoms with Gasteiger partial charge in [0.25, 0.3) is 0 Å². The first kappa shape index (κ1) is 10.4. The summed E-state index contributed by atoms with van der Waals surface area (Å²) in [5.74, 6) is 0.629. The van der Waals surface area contributed by atoms with E-state index in [-0.39, 0.29) is 11.4 Å². The maximum Gasteiger partial charge on any atom is 0.224 e. The van der Waals surface area contributed by atoms with Gasteiger partial charge in [0, 0.05) is 13.1 Å². The molecule has 3 N–H and O–H groups in total. The molecular formula is C9H13ClN4O. The van der Waals surface area contributed by atoms with Gasteiger partial charge in [-0.2, -0.15) is 4.98 Å². The lowest BCUT2D eigenvalue weighted by atomic mass is 10.3. The highest BCUT2D eigenvalue weighted by Crippen LogP contribution is 2.27. The Morgan fingerprint density at radius 2 is 2.27 bits per heavy atom. The Bertz CT molecular complexity index is 385. The number of hydrogen-bond acceptors (Lipinski definition) is 5. The predicted octanol–water partition coefficient (Wildman–Crippen LogP) is 0.592. The Morgan fingerprint density at radius 3 is 2.87 bits per heavy atom. The smallest absolute Gasteiger partial charge is 0.224 e. The molecule has 1 atom stereocenters. The number of nitrogen functional groups attached to an aromatic ring is 1. The highest BCUT2D eigenvalue weighted by molar-refractivity contribution is 6.28. The van der Waals surface area contributed by atoms with Gasteiger partial charge in [0.1, 0.15) is 0 Å². The molecule has 0 saturated carbocycles. The topological polar surface area (TPSA) is 75.3 Å². The van der Waals surface area contributed by atoms with E-state index in [1.54, 1.807) is 6.92 Å². The molecule has 0 radical (unpaired) electrons. The molecule has 1 aliphatic rings. The number of rotatable bonds is 1. The first-order valence-electron chi connectivity index (χ1n) is 4.80. The van der Waals surface area contributed by atoms with E-state index in [1.165, 1.54) is 0 Å². The van der Waals surface area contributed by atoms with E-state index in [1.807, 2.05) is 4.90 Å². The lowest BCUT2D eigenvalue weighted by Crippen LogP contribution is -2.24. The van der Waals surface area contributed by atoms with Crippen molar-refractivity contribution in [3.05, 3.63) is 11.0 Å². The Labute approximate surface area is 92.9 Å². The van der Waals surface area contributed by atoms with Crippen LogP contribution >= 0.6 is 11.6 Å². The summed E-state index contributed by atoms with van der Waals surface area (Å²) in [6, 6.07) is 0. The largest absolute Gasteiger partial charge is 0.394 e. The minimum atomic E-state index is -0.307. The molecular weight excluding hydrogens is 216 g/mol. The maximum atomic E-state index is 9.43. The van der Waals surface area contributed by atoms with E-state index in [0.717, 1.165) is 13.0 Å². The first-order valence-corrected chi connectivity index (χ1v) is 5.18. The van der Waals surface area contributed by atoms with Crippen LogP contribution in [-0.2, 0) is 0 Å². The number of hydrogen-bond donors (Lipinski definition) is 2. The zero-order valence-corrected chi connectivity index (χ0v) is 9.20. The van der Waals surface area contributed by atoms with Crippen molar-refractivity contribution >= 4 is 23.1 Å². The van der Waals surface area contributed by atoms with E-state index in [0.29, 0.717) is 23.7 Å². The molecule has 6 heteroatoms. The molecule has 1 aromatic heterocycles. The standard InChI is InChI=1S/C9H13ClN4O/c1-5-7(11)8(13-9(10)12-5)14-3-2-6(15)4-14/h6,15H,2-4,11H2,1H3. The van der Waals surface area contributed by atoms with Crippen LogP contribution in [0.2, 0.25) is 5.28 Å². The fraction of sp³-hybridized carbons (Fsp3) is 0.556. The van der Waals surface area contributed by atoms with Crippen molar-refractivity contribution < 1.29 is 5.11 Å². The molecule has 1 saturated heterocycles. The third kappa shape index (κ3) is 1.98. The molecule has 1 aromatic rings. The Balaban J connectivity index is 2.35. The SMILES string of the molecule is Cc1nc(Cl)nc(N2CCC(O)C2)c1N. The molecule has 1 aliphatic heterocycles. The molecule has 1 unspecified atom stereocenters. The van der Waals surface area contributed by atoms with Crippen molar-refractivity contribution in [1.29, 1.82) is 0 Å². The van der Waals surface area contributed by atoms with E-state index in [9.17, 15) is 5.11 Å². The van der Waals surface area contributed by atoms with Crippen LogP contribution in [0.5, 0.6) is 0 Å². The van der Waals surface area contributed by atoms with Crippen molar-refractivity contribution in [2.75, 3.05) is 23.7 Å². The molecule has 0 bridgehead atoms. The second-order valence-corrected chi connectivity index (χ2v) is 4.04. The van der Waals surface area contributed by atoms with Gasteiger partial charge in [0.05, 0.1) is 17.5 Å². The van der Waals surface area contributed by atoms with Crippen LogP contribution in [0.25, 0.3) is 0 Å². The molecule has 15 heavy (non-hydrogen) atoms. The number of nitrogens with zero attached hydrogens (tertiary/aromatic N) is 3. The van der Waals surface area contributed by atoms with Gasteiger partial charge in [-0.1, -0.05) is 0 Å². The number of aromatic nitrogens is 2. The van der Waals surface area contributed by atoms with Gasteiger partial charge in [0.2, 0.25) is 5.28 Å². The summed E-state index contributed by atoms with van der Waals surface area (Å²) in [6.45, 7) is 3.09. The summed E-state index contributed by atoms with van der Waals surface area (Å²) < 4.78 is 0. The number of aliphatic hydroxyl groups is 1. The molecule has 0 spiro atoms. The average Bonchev–Trinajstić information content (AvgIpc) is 2.58. The lowest BCUT2D eigenvalue weighted by Gasteiger charge is -2.19. The van der Waals surface area contributed by atoms with Crippen molar-refractivity contribution in [2.45, 2.75) is 19.4 Å². The van der Waals surface area contributed by atoms with E-state index in [2.05, 4.69) is 9.97 Å². The minimum absolute atomic E-state index is 0.193. The number of aryl methyl sites for hydroxylation is 1. The van der Waals surface area contributed by atoms with Crippen LogP contribution in [0.1, 0.15) is 12.1 Å². The minimum Gasteiger partial charge on any atom is -0.394 e. The van der Waals surface area contributed by atoms with Crippen LogP contribution in [-0.4, -0.2) is 34.3 Å². The van der Waals surface area contributed by atoms with Gasteiger partial charge in [-0.05, 0) is 24.9 Å². The lowest BCUT2D eigenvalue weighted by molar-refractivity contribution is 0.198. The Morgan fingerprint density at radius 1 is 1.53 bits per heavy atom. The van der Waals surface area contributed by atoms with E-state index < -0.39 is 0 Å². The van der Waals surface area contributed by atoms with Crippen LogP contribution in [0, 0.1) is 6.92 Å². The molecule has 2 heterocycles. The van der Waals surface area contributed by atoms with E-state index in [4.69, 9.17) is 17.3 Å². The zero-order valence-electron chi connectivity index (χ0n) is 8.44. The summed E-state index contributed by atoms with van der Waals surface area (Å²) in [7, 11) is 0. The molecule has 0 amide bonds. The molecule has 2 rings (SSSR count). The number of anilines is 2. The molecule has 0 aromatic carbocycles. The number of β-amino-alcohol motifs (C(OH)–C–C–N with tert-alkyl or cyclic N) is 1. The monoisotopic (exact) mass is 228 g/mol. The van der Waals surface area contributed by atoms with Gasteiger partial charge in [-0.25, -0.2) is 4.98 Å². The summed E-state index contributed by atoms with van der Waals surface area (Å²) in [5.41, 5.74) is 7.08.